The molecular weight excluding hydrogens is 450 g/mol. The first-order chi connectivity index (χ1) is 17.9. The Hall–Kier alpha value is -3.72. The van der Waals surface area contributed by atoms with Gasteiger partial charge in [0.2, 0.25) is 0 Å². The van der Waals surface area contributed by atoms with Crippen LogP contribution in [0.2, 0.25) is 0 Å². The SMILES string of the molecule is C=[N+]1C(c2cccc3c2C(Nc2ccccc2)CC3)=CC=C[C-]1CNc1c(C(C)C)cccc1C(C)C. The van der Waals surface area contributed by atoms with Crippen molar-refractivity contribution in [3.05, 3.63) is 119 Å². The highest BCUT2D eigenvalue weighted by atomic mass is 15.1. The molecule has 3 aromatic rings. The van der Waals surface area contributed by atoms with E-state index in [1.54, 1.807) is 0 Å². The van der Waals surface area contributed by atoms with Gasteiger partial charge in [-0.1, -0.05) is 94.4 Å². The maximum Gasteiger partial charge on any atom is 0.130 e. The average Bonchev–Trinajstić information content (AvgIpc) is 3.31. The van der Waals surface area contributed by atoms with E-state index < -0.39 is 0 Å². The van der Waals surface area contributed by atoms with E-state index in [-0.39, 0.29) is 0 Å². The van der Waals surface area contributed by atoms with Crippen molar-refractivity contribution in [2.45, 2.75) is 58.4 Å². The van der Waals surface area contributed by atoms with E-state index in [9.17, 15) is 0 Å². The lowest BCUT2D eigenvalue weighted by molar-refractivity contribution is -0.397. The molecule has 5 rings (SSSR count). The summed E-state index contributed by atoms with van der Waals surface area (Å²) in [5.41, 5.74) is 10.4. The van der Waals surface area contributed by atoms with E-state index in [2.05, 4.69) is 135 Å². The smallest absolute Gasteiger partial charge is 0.130 e. The summed E-state index contributed by atoms with van der Waals surface area (Å²) in [7, 11) is 0. The molecule has 190 valence electrons. The number of para-hydroxylation sites is 2. The van der Waals surface area contributed by atoms with Gasteiger partial charge in [-0.2, -0.15) is 0 Å². The van der Waals surface area contributed by atoms with Crippen molar-refractivity contribution in [1.82, 2.24) is 0 Å². The molecular formula is C34H39N3. The van der Waals surface area contributed by atoms with Crippen molar-refractivity contribution in [1.29, 1.82) is 0 Å². The fourth-order valence-electron chi connectivity index (χ4n) is 5.70. The van der Waals surface area contributed by atoms with E-state index in [0.717, 1.165) is 31.1 Å². The second kappa shape index (κ2) is 10.7. The quantitative estimate of drug-likeness (QED) is 0.246. The van der Waals surface area contributed by atoms with Gasteiger partial charge in [0.05, 0.1) is 19.3 Å². The number of allylic oxidation sites excluding steroid dienone is 2. The minimum Gasteiger partial charge on any atom is -0.383 e. The number of rotatable bonds is 8. The Morgan fingerprint density at radius 3 is 2.32 bits per heavy atom. The van der Waals surface area contributed by atoms with Crippen LogP contribution < -0.4 is 10.6 Å². The summed E-state index contributed by atoms with van der Waals surface area (Å²) in [4.78, 5) is 0. The Labute approximate surface area is 222 Å². The number of hydrogen-bond acceptors (Lipinski definition) is 2. The summed E-state index contributed by atoms with van der Waals surface area (Å²) in [5.74, 6) is 0.917. The second-order valence-corrected chi connectivity index (χ2v) is 10.8. The molecule has 0 bridgehead atoms. The number of hydrogen-bond donors (Lipinski definition) is 2. The molecule has 0 saturated heterocycles. The zero-order valence-corrected chi connectivity index (χ0v) is 22.6. The molecule has 1 atom stereocenters. The Kier molecular flexibility index (Phi) is 7.23. The van der Waals surface area contributed by atoms with Gasteiger partial charge in [0.15, 0.2) is 0 Å². The van der Waals surface area contributed by atoms with E-state index >= 15 is 0 Å². The van der Waals surface area contributed by atoms with E-state index in [1.807, 2.05) is 0 Å². The zero-order chi connectivity index (χ0) is 25.9. The number of aryl methyl sites for hydroxylation is 1. The van der Waals surface area contributed by atoms with E-state index in [4.69, 9.17) is 0 Å². The molecule has 2 aliphatic rings. The molecule has 1 heterocycles. The Bertz CT molecular complexity index is 1300. The van der Waals surface area contributed by atoms with Crippen molar-refractivity contribution >= 4 is 23.8 Å². The van der Waals surface area contributed by atoms with Gasteiger partial charge in [-0.25, -0.2) is 0 Å². The van der Waals surface area contributed by atoms with Crippen LogP contribution in [-0.2, 0) is 6.42 Å². The summed E-state index contributed by atoms with van der Waals surface area (Å²) in [5, 5.41) is 7.58. The second-order valence-electron chi connectivity index (χ2n) is 10.8. The molecule has 1 unspecified atom stereocenters. The zero-order valence-electron chi connectivity index (χ0n) is 22.6. The van der Waals surface area contributed by atoms with Gasteiger partial charge in [-0.3, -0.25) is 4.58 Å². The highest BCUT2D eigenvalue weighted by Crippen LogP contribution is 2.40. The first kappa shape index (κ1) is 25.0. The number of fused-ring (bicyclic) bond motifs is 1. The summed E-state index contributed by atoms with van der Waals surface area (Å²) in [6.07, 6.45) is 8.74. The summed E-state index contributed by atoms with van der Waals surface area (Å²) in [6.45, 7) is 14.3. The number of anilines is 2. The van der Waals surface area contributed by atoms with Gasteiger partial charge >= 0.3 is 0 Å². The molecule has 0 spiro atoms. The lowest BCUT2D eigenvalue weighted by atomic mass is 9.92. The van der Waals surface area contributed by atoms with Crippen LogP contribution in [0.3, 0.4) is 0 Å². The van der Waals surface area contributed by atoms with E-state index in [0.29, 0.717) is 17.9 Å². The maximum atomic E-state index is 4.51. The summed E-state index contributed by atoms with van der Waals surface area (Å²) >= 11 is 0. The average molecular weight is 490 g/mol. The third-order valence-corrected chi connectivity index (χ3v) is 7.64. The van der Waals surface area contributed by atoms with E-state index in [1.165, 1.54) is 39.2 Å². The minimum atomic E-state index is 0.293. The third-order valence-electron chi connectivity index (χ3n) is 7.64. The Balaban J connectivity index is 1.39. The van der Waals surface area contributed by atoms with Gasteiger partial charge < -0.3 is 10.6 Å². The molecule has 2 N–H and O–H groups in total. The topological polar surface area (TPSA) is 27.1 Å². The predicted octanol–water partition coefficient (Wildman–Crippen LogP) is 8.30. The van der Waals surface area contributed by atoms with Crippen molar-refractivity contribution in [2.75, 3.05) is 17.2 Å². The van der Waals surface area contributed by atoms with Crippen molar-refractivity contribution in [3.8, 4) is 0 Å². The fourth-order valence-corrected chi connectivity index (χ4v) is 5.70. The Morgan fingerprint density at radius 1 is 0.919 bits per heavy atom. The molecule has 1 aliphatic heterocycles. The molecule has 0 fully saturated rings. The molecule has 0 radical (unpaired) electrons. The largest absolute Gasteiger partial charge is 0.383 e. The van der Waals surface area contributed by atoms with Gasteiger partial charge in [-0.15, -0.1) is 6.08 Å². The standard InChI is InChI=1S/C34H39N3/c1-23(2)28-16-11-17-29(24(3)4)34(28)35-22-27-15-10-19-32(37(27)5)30-18-9-12-25-20-21-31(33(25)30)36-26-13-7-6-8-14-26/h6-19,23-24,31,35-36H,5,20-22H2,1-4H3. The third kappa shape index (κ3) is 5.09. The van der Waals surface area contributed by atoms with Crippen LogP contribution in [0.15, 0.2) is 85.0 Å². The first-order valence-corrected chi connectivity index (χ1v) is 13.6. The molecule has 3 nitrogen and oxygen atoms in total. The fraction of sp³-hybridized carbons (Fsp3) is 0.294. The number of nitrogens with zero attached hydrogens (tertiary/aromatic N) is 1. The van der Waals surface area contributed by atoms with Crippen LogP contribution >= 0.6 is 0 Å². The van der Waals surface area contributed by atoms with Crippen LogP contribution in [0.5, 0.6) is 0 Å². The summed E-state index contributed by atoms with van der Waals surface area (Å²) < 4.78 is 2.12. The lowest BCUT2D eigenvalue weighted by Crippen LogP contribution is -2.25. The lowest BCUT2D eigenvalue weighted by Gasteiger charge is -2.28. The first-order valence-electron chi connectivity index (χ1n) is 13.6. The molecule has 1 aliphatic carbocycles. The Morgan fingerprint density at radius 2 is 1.62 bits per heavy atom. The predicted molar refractivity (Wildman–Crippen MR) is 158 cm³/mol. The molecule has 3 heteroatoms. The minimum absolute atomic E-state index is 0.293. The number of nitrogens with one attached hydrogen (secondary N) is 2. The van der Waals surface area contributed by atoms with Crippen LogP contribution in [0.4, 0.5) is 11.4 Å². The normalized spacial score (nSPS) is 16.8. The van der Waals surface area contributed by atoms with Gasteiger partial charge in [0, 0.05) is 16.9 Å². The van der Waals surface area contributed by atoms with Crippen LogP contribution in [0, 0.1) is 6.04 Å². The maximum absolute atomic E-state index is 4.51. The van der Waals surface area contributed by atoms with Gasteiger partial charge in [0.1, 0.15) is 11.7 Å². The molecule has 3 aromatic carbocycles. The summed E-state index contributed by atoms with van der Waals surface area (Å²) in [6, 6.07) is 25.4. The van der Waals surface area contributed by atoms with Crippen molar-refractivity contribution < 1.29 is 4.58 Å². The molecule has 0 saturated carbocycles. The highest BCUT2D eigenvalue weighted by molar-refractivity contribution is 5.70. The molecule has 0 aromatic heterocycles. The highest BCUT2D eigenvalue weighted by Gasteiger charge is 2.29. The van der Waals surface area contributed by atoms with Gasteiger partial charge in [0.25, 0.3) is 0 Å². The molecule has 0 amide bonds. The van der Waals surface area contributed by atoms with Crippen molar-refractivity contribution in [3.63, 3.8) is 0 Å². The van der Waals surface area contributed by atoms with Gasteiger partial charge in [-0.05, 0) is 59.1 Å². The van der Waals surface area contributed by atoms with Crippen LogP contribution in [-0.4, -0.2) is 17.8 Å². The molecule has 37 heavy (non-hydrogen) atoms. The van der Waals surface area contributed by atoms with Crippen LogP contribution in [0.1, 0.15) is 79.8 Å². The monoisotopic (exact) mass is 489 g/mol. The number of benzene rings is 3. The van der Waals surface area contributed by atoms with Crippen molar-refractivity contribution in [2.24, 2.45) is 0 Å². The van der Waals surface area contributed by atoms with Crippen LogP contribution in [0.25, 0.3) is 5.70 Å².